The molecule has 4 rings (SSSR count). The molecule has 2 aliphatic rings. The summed E-state index contributed by atoms with van der Waals surface area (Å²) in [6.07, 6.45) is 6.79. The average Bonchev–Trinajstić information content (AvgIpc) is 3.02. The Bertz CT molecular complexity index is 894. The first-order chi connectivity index (χ1) is 14.5. The number of aromatic nitrogens is 2. The Morgan fingerprint density at radius 1 is 1.30 bits per heavy atom. The lowest BCUT2D eigenvalue weighted by atomic mass is 9.89. The predicted molar refractivity (Wildman–Crippen MR) is 120 cm³/mol. The van der Waals surface area contributed by atoms with Gasteiger partial charge < -0.3 is 15.4 Å². The van der Waals surface area contributed by atoms with Gasteiger partial charge in [-0.15, -0.1) is 6.58 Å². The highest BCUT2D eigenvalue weighted by atomic mass is 16.5. The van der Waals surface area contributed by atoms with Gasteiger partial charge in [-0.2, -0.15) is 5.10 Å². The number of benzene rings is 1. The first kappa shape index (κ1) is 20.9. The van der Waals surface area contributed by atoms with E-state index < -0.39 is 0 Å². The molecule has 0 unspecified atom stereocenters. The molecule has 162 valence electrons. The summed E-state index contributed by atoms with van der Waals surface area (Å²) in [5, 5.41) is 11.9. The molecule has 0 radical (unpaired) electrons. The zero-order valence-corrected chi connectivity index (χ0v) is 18.1. The molecule has 30 heavy (non-hydrogen) atoms. The second-order valence-corrected chi connectivity index (χ2v) is 8.62. The van der Waals surface area contributed by atoms with Gasteiger partial charge in [0.15, 0.2) is 5.82 Å². The van der Waals surface area contributed by atoms with E-state index >= 15 is 0 Å². The molecule has 1 aliphatic heterocycles. The summed E-state index contributed by atoms with van der Waals surface area (Å²) < 4.78 is 7.62. The van der Waals surface area contributed by atoms with Crippen LogP contribution in [-0.2, 0) is 16.6 Å². The molecule has 2 heterocycles. The maximum atomic E-state index is 12.4. The minimum atomic E-state index is 0.0210. The molecule has 1 amide bonds. The van der Waals surface area contributed by atoms with Gasteiger partial charge in [0.2, 0.25) is 5.91 Å². The van der Waals surface area contributed by atoms with Gasteiger partial charge in [0.05, 0.1) is 30.8 Å². The number of hydrogen-bond donors (Lipinski definition) is 2. The van der Waals surface area contributed by atoms with Crippen molar-refractivity contribution in [1.29, 1.82) is 0 Å². The highest BCUT2D eigenvalue weighted by molar-refractivity contribution is 5.92. The number of aryl methyl sites for hydroxylation is 2. The van der Waals surface area contributed by atoms with Crippen molar-refractivity contribution in [1.82, 2.24) is 20.0 Å². The highest BCUT2D eigenvalue weighted by Gasteiger charge is 2.35. The Morgan fingerprint density at radius 2 is 2.07 bits per heavy atom. The SMILES string of the molecule is C=CCOC1CCC(N2CC(NC(=O)CNc3nn(C)c4ccc(C)cc34)C2)CC1. The second kappa shape index (κ2) is 9.18. The molecule has 1 aliphatic carbocycles. The standard InChI is InChI=1S/C23H33N5O2/c1-4-11-30-19-8-6-18(7-9-19)28-14-17(15-28)25-22(29)13-24-23-20-12-16(2)5-10-21(20)27(3)26-23/h4-5,10,12,17-19H,1,6-9,11,13-15H2,2-3H3,(H,24,26)(H,25,29). The van der Waals surface area contributed by atoms with Crippen LogP contribution in [0.5, 0.6) is 0 Å². The molecule has 2 aromatic rings. The first-order valence-electron chi connectivity index (χ1n) is 11.0. The fourth-order valence-corrected chi connectivity index (χ4v) is 4.64. The van der Waals surface area contributed by atoms with E-state index in [0.29, 0.717) is 18.8 Å². The van der Waals surface area contributed by atoms with Crippen LogP contribution in [0.2, 0.25) is 0 Å². The number of ether oxygens (including phenoxy) is 1. The third-order valence-electron chi connectivity index (χ3n) is 6.31. The quantitative estimate of drug-likeness (QED) is 0.654. The van der Waals surface area contributed by atoms with Gasteiger partial charge in [0.1, 0.15) is 0 Å². The fraction of sp³-hybridized carbons (Fsp3) is 0.565. The average molecular weight is 412 g/mol. The normalized spacial score (nSPS) is 22.6. The largest absolute Gasteiger partial charge is 0.374 e. The summed E-state index contributed by atoms with van der Waals surface area (Å²) in [6, 6.07) is 7.11. The number of anilines is 1. The number of fused-ring (bicyclic) bond motifs is 1. The molecule has 7 heteroatoms. The number of rotatable bonds is 8. The summed E-state index contributed by atoms with van der Waals surface area (Å²) in [5.41, 5.74) is 2.24. The smallest absolute Gasteiger partial charge is 0.239 e. The molecular weight excluding hydrogens is 378 g/mol. The van der Waals surface area contributed by atoms with Crippen molar-refractivity contribution in [3.05, 3.63) is 36.4 Å². The molecular formula is C23H33N5O2. The van der Waals surface area contributed by atoms with Crippen molar-refractivity contribution < 1.29 is 9.53 Å². The van der Waals surface area contributed by atoms with E-state index in [9.17, 15) is 4.79 Å². The van der Waals surface area contributed by atoms with Gasteiger partial charge >= 0.3 is 0 Å². The van der Waals surface area contributed by atoms with Gasteiger partial charge in [-0.05, 0) is 44.7 Å². The molecule has 1 aromatic carbocycles. The van der Waals surface area contributed by atoms with Gasteiger partial charge in [-0.1, -0.05) is 17.7 Å². The van der Waals surface area contributed by atoms with Crippen LogP contribution in [0.1, 0.15) is 31.2 Å². The molecule has 2 fully saturated rings. The topological polar surface area (TPSA) is 71.4 Å². The Balaban J connectivity index is 1.19. The third kappa shape index (κ3) is 4.68. The van der Waals surface area contributed by atoms with Crippen LogP contribution in [0.4, 0.5) is 5.82 Å². The van der Waals surface area contributed by atoms with E-state index in [-0.39, 0.29) is 18.5 Å². The summed E-state index contributed by atoms with van der Waals surface area (Å²) in [5.74, 6) is 0.782. The molecule has 1 saturated carbocycles. The lowest BCUT2D eigenvalue weighted by Crippen LogP contribution is -2.63. The van der Waals surface area contributed by atoms with Gasteiger partial charge in [0.25, 0.3) is 0 Å². The molecule has 0 bridgehead atoms. The summed E-state index contributed by atoms with van der Waals surface area (Å²) in [4.78, 5) is 14.9. The lowest BCUT2D eigenvalue weighted by molar-refractivity contribution is -0.121. The van der Waals surface area contributed by atoms with E-state index in [1.54, 1.807) is 0 Å². The van der Waals surface area contributed by atoms with Crippen LogP contribution in [0.15, 0.2) is 30.9 Å². The number of amides is 1. The molecule has 1 saturated heterocycles. The zero-order valence-electron chi connectivity index (χ0n) is 18.1. The second-order valence-electron chi connectivity index (χ2n) is 8.62. The van der Waals surface area contributed by atoms with Crippen LogP contribution in [0, 0.1) is 6.92 Å². The summed E-state index contributed by atoms with van der Waals surface area (Å²) >= 11 is 0. The van der Waals surface area contributed by atoms with E-state index in [2.05, 4.69) is 52.3 Å². The van der Waals surface area contributed by atoms with Crippen molar-refractivity contribution in [3.8, 4) is 0 Å². The minimum Gasteiger partial charge on any atom is -0.374 e. The van der Waals surface area contributed by atoms with E-state index in [1.165, 1.54) is 18.4 Å². The van der Waals surface area contributed by atoms with Crippen LogP contribution < -0.4 is 10.6 Å². The molecule has 1 aromatic heterocycles. The van der Waals surface area contributed by atoms with Crippen LogP contribution in [0.25, 0.3) is 10.9 Å². The van der Waals surface area contributed by atoms with Crippen LogP contribution >= 0.6 is 0 Å². The van der Waals surface area contributed by atoms with Gasteiger partial charge in [0, 0.05) is 31.6 Å². The van der Waals surface area contributed by atoms with Gasteiger partial charge in [-0.3, -0.25) is 14.4 Å². The maximum Gasteiger partial charge on any atom is 0.239 e. The number of carbonyl (C=O) groups excluding carboxylic acids is 1. The van der Waals surface area contributed by atoms with Crippen molar-refractivity contribution in [2.75, 3.05) is 31.6 Å². The number of likely N-dealkylation sites (tertiary alicyclic amines) is 1. The third-order valence-corrected chi connectivity index (χ3v) is 6.31. The molecule has 0 spiro atoms. The van der Waals surface area contributed by atoms with Crippen molar-refractivity contribution >= 4 is 22.6 Å². The van der Waals surface area contributed by atoms with E-state index in [1.807, 2.05) is 17.8 Å². The summed E-state index contributed by atoms with van der Waals surface area (Å²) in [6.45, 7) is 8.55. The molecule has 7 nitrogen and oxygen atoms in total. The van der Waals surface area contributed by atoms with Crippen molar-refractivity contribution in [2.45, 2.75) is 50.8 Å². The van der Waals surface area contributed by atoms with E-state index in [4.69, 9.17) is 4.74 Å². The van der Waals surface area contributed by atoms with Crippen molar-refractivity contribution in [3.63, 3.8) is 0 Å². The summed E-state index contributed by atoms with van der Waals surface area (Å²) in [7, 11) is 1.92. The Morgan fingerprint density at radius 3 is 2.80 bits per heavy atom. The Kier molecular flexibility index (Phi) is 6.39. The number of carbonyl (C=O) groups is 1. The lowest BCUT2D eigenvalue weighted by Gasteiger charge is -2.46. The number of nitrogens with one attached hydrogen (secondary N) is 2. The van der Waals surface area contributed by atoms with Crippen LogP contribution in [0.3, 0.4) is 0 Å². The fourth-order valence-electron chi connectivity index (χ4n) is 4.64. The van der Waals surface area contributed by atoms with Gasteiger partial charge in [-0.25, -0.2) is 0 Å². The zero-order chi connectivity index (χ0) is 21.1. The molecule has 0 atom stereocenters. The minimum absolute atomic E-state index is 0.0210. The molecule has 2 N–H and O–H groups in total. The highest BCUT2D eigenvalue weighted by Crippen LogP contribution is 2.28. The Hall–Kier alpha value is -2.38. The monoisotopic (exact) mass is 411 g/mol. The van der Waals surface area contributed by atoms with Crippen LogP contribution in [-0.4, -0.2) is 65.0 Å². The Labute approximate surface area is 178 Å². The number of nitrogens with zero attached hydrogens (tertiary/aromatic N) is 3. The predicted octanol–water partition coefficient (Wildman–Crippen LogP) is 2.61. The van der Waals surface area contributed by atoms with E-state index in [0.717, 1.165) is 42.7 Å². The maximum absolute atomic E-state index is 12.4. The number of hydrogen-bond acceptors (Lipinski definition) is 5. The van der Waals surface area contributed by atoms with Crippen molar-refractivity contribution in [2.24, 2.45) is 7.05 Å². The first-order valence-corrected chi connectivity index (χ1v) is 11.0.